The first-order valence-electron chi connectivity index (χ1n) is 5.22. The van der Waals surface area contributed by atoms with Gasteiger partial charge in [-0.25, -0.2) is 8.42 Å². The Bertz CT molecular complexity index is 457. The summed E-state index contributed by atoms with van der Waals surface area (Å²) in [6, 6.07) is 6.23. The smallest absolute Gasteiger partial charge is 0.243 e. The van der Waals surface area contributed by atoms with Crippen LogP contribution in [-0.4, -0.2) is 37.8 Å². The van der Waals surface area contributed by atoms with Gasteiger partial charge in [-0.1, -0.05) is 0 Å². The van der Waals surface area contributed by atoms with E-state index in [0.29, 0.717) is 5.69 Å². The maximum absolute atomic E-state index is 12.2. The molecule has 0 aromatic heterocycles. The number of hydrogen-bond donors (Lipinski definition) is 1. The third kappa shape index (κ3) is 3.37. The highest BCUT2D eigenvalue weighted by molar-refractivity contribution is 7.98. The summed E-state index contributed by atoms with van der Waals surface area (Å²) in [7, 11) is -1.81. The number of nitrogen functional groups attached to an aromatic ring is 1. The zero-order valence-corrected chi connectivity index (χ0v) is 11.9. The van der Waals surface area contributed by atoms with Crippen molar-refractivity contribution in [2.45, 2.75) is 17.9 Å². The Kier molecular flexibility index (Phi) is 4.85. The summed E-state index contributed by atoms with van der Waals surface area (Å²) in [4.78, 5) is 0.280. The molecule has 1 aromatic rings. The van der Waals surface area contributed by atoms with E-state index >= 15 is 0 Å². The number of sulfonamides is 1. The van der Waals surface area contributed by atoms with Crippen LogP contribution in [0, 0.1) is 0 Å². The lowest BCUT2D eigenvalue weighted by Crippen LogP contribution is -2.36. The van der Waals surface area contributed by atoms with Crippen molar-refractivity contribution in [1.82, 2.24) is 4.31 Å². The molecule has 0 fully saturated rings. The lowest BCUT2D eigenvalue weighted by Gasteiger charge is -2.23. The van der Waals surface area contributed by atoms with Gasteiger partial charge in [0.25, 0.3) is 0 Å². The molecule has 0 aliphatic rings. The fourth-order valence-corrected chi connectivity index (χ4v) is 3.55. The topological polar surface area (TPSA) is 63.4 Å². The van der Waals surface area contributed by atoms with E-state index in [4.69, 9.17) is 5.73 Å². The Morgan fingerprint density at radius 3 is 2.35 bits per heavy atom. The van der Waals surface area contributed by atoms with Crippen molar-refractivity contribution in [1.29, 1.82) is 0 Å². The molecule has 0 saturated carbocycles. The summed E-state index contributed by atoms with van der Waals surface area (Å²) in [6.45, 7) is 1.89. The van der Waals surface area contributed by atoms with E-state index in [1.165, 1.54) is 16.4 Å². The number of hydrogen-bond acceptors (Lipinski definition) is 4. The monoisotopic (exact) mass is 274 g/mol. The number of anilines is 1. The zero-order chi connectivity index (χ0) is 13.1. The Balaban J connectivity index is 2.98. The highest BCUT2D eigenvalue weighted by atomic mass is 32.2. The van der Waals surface area contributed by atoms with E-state index in [0.717, 1.165) is 5.75 Å². The van der Waals surface area contributed by atoms with Crippen molar-refractivity contribution >= 4 is 27.5 Å². The molecule has 0 heterocycles. The summed E-state index contributed by atoms with van der Waals surface area (Å²) >= 11 is 1.63. The van der Waals surface area contributed by atoms with Crippen molar-refractivity contribution < 1.29 is 8.42 Å². The second kappa shape index (κ2) is 5.75. The molecule has 0 saturated heterocycles. The Morgan fingerprint density at radius 2 is 1.88 bits per heavy atom. The average molecular weight is 274 g/mol. The highest BCUT2D eigenvalue weighted by Gasteiger charge is 2.24. The van der Waals surface area contributed by atoms with Gasteiger partial charge in [0.1, 0.15) is 0 Å². The second-order valence-electron chi connectivity index (χ2n) is 3.89. The molecule has 1 aromatic carbocycles. The minimum atomic E-state index is -3.41. The minimum Gasteiger partial charge on any atom is -0.399 e. The molecule has 0 amide bonds. The molecule has 1 unspecified atom stereocenters. The SMILES string of the molecule is CSCC(C)N(C)S(=O)(=O)c1ccc(N)cc1. The highest BCUT2D eigenvalue weighted by Crippen LogP contribution is 2.18. The van der Waals surface area contributed by atoms with Crippen LogP contribution in [0.5, 0.6) is 0 Å². The molecule has 1 rings (SSSR count). The van der Waals surface area contributed by atoms with Crippen LogP contribution in [0.4, 0.5) is 5.69 Å². The van der Waals surface area contributed by atoms with E-state index in [1.807, 2.05) is 13.2 Å². The van der Waals surface area contributed by atoms with E-state index in [-0.39, 0.29) is 10.9 Å². The van der Waals surface area contributed by atoms with Gasteiger partial charge in [-0.05, 0) is 37.4 Å². The molecule has 0 aliphatic carbocycles. The lowest BCUT2D eigenvalue weighted by molar-refractivity contribution is 0.415. The summed E-state index contributed by atoms with van der Waals surface area (Å²) in [5, 5.41) is 0. The third-order valence-electron chi connectivity index (χ3n) is 2.59. The van der Waals surface area contributed by atoms with Gasteiger partial charge in [0.05, 0.1) is 4.90 Å². The first-order chi connectivity index (χ1) is 7.89. The van der Waals surface area contributed by atoms with Crippen molar-refractivity contribution in [3.05, 3.63) is 24.3 Å². The minimum absolute atomic E-state index is 0.0347. The standard InChI is InChI=1S/C11H18N2O2S2/c1-9(8-16-3)13(2)17(14,15)11-6-4-10(12)5-7-11/h4-7,9H,8,12H2,1-3H3. The van der Waals surface area contributed by atoms with Gasteiger partial charge < -0.3 is 5.73 Å². The van der Waals surface area contributed by atoms with Crippen molar-refractivity contribution in [3.8, 4) is 0 Å². The molecular formula is C11H18N2O2S2. The summed E-state index contributed by atoms with van der Waals surface area (Å²) < 4.78 is 25.9. The Labute approximate surface area is 107 Å². The fourth-order valence-electron chi connectivity index (χ4n) is 1.39. The molecule has 17 heavy (non-hydrogen) atoms. The number of rotatable bonds is 5. The molecule has 2 N–H and O–H groups in total. The largest absolute Gasteiger partial charge is 0.399 e. The summed E-state index contributed by atoms with van der Waals surface area (Å²) in [6.07, 6.45) is 1.96. The van der Waals surface area contributed by atoms with Gasteiger partial charge in [0.2, 0.25) is 10.0 Å². The van der Waals surface area contributed by atoms with Crippen LogP contribution in [0.1, 0.15) is 6.92 Å². The zero-order valence-electron chi connectivity index (χ0n) is 10.3. The number of thioether (sulfide) groups is 1. The average Bonchev–Trinajstić information content (AvgIpc) is 2.29. The molecule has 0 radical (unpaired) electrons. The normalized spacial score (nSPS) is 13.9. The van der Waals surface area contributed by atoms with Gasteiger partial charge in [0.15, 0.2) is 0 Å². The predicted octanol–water partition coefficient (Wildman–Crippen LogP) is 1.64. The molecule has 0 aliphatic heterocycles. The Hall–Kier alpha value is -0.720. The quantitative estimate of drug-likeness (QED) is 0.829. The van der Waals surface area contributed by atoms with Crippen LogP contribution >= 0.6 is 11.8 Å². The van der Waals surface area contributed by atoms with Crippen LogP contribution < -0.4 is 5.73 Å². The van der Waals surface area contributed by atoms with E-state index < -0.39 is 10.0 Å². The van der Waals surface area contributed by atoms with E-state index in [2.05, 4.69) is 0 Å². The van der Waals surface area contributed by atoms with Gasteiger partial charge in [0, 0.05) is 24.5 Å². The van der Waals surface area contributed by atoms with Gasteiger partial charge in [-0.15, -0.1) is 0 Å². The van der Waals surface area contributed by atoms with Crippen LogP contribution in [0.2, 0.25) is 0 Å². The van der Waals surface area contributed by atoms with Crippen molar-refractivity contribution in [2.24, 2.45) is 0 Å². The molecule has 0 spiro atoms. The van der Waals surface area contributed by atoms with Crippen LogP contribution in [-0.2, 0) is 10.0 Å². The summed E-state index contributed by atoms with van der Waals surface area (Å²) in [5.74, 6) is 0.769. The third-order valence-corrected chi connectivity index (χ3v) is 5.39. The molecule has 4 nitrogen and oxygen atoms in total. The fraction of sp³-hybridized carbons (Fsp3) is 0.455. The van der Waals surface area contributed by atoms with Crippen LogP contribution in [0.3, 0.4) is 0 Å². The molecule has 6 heteroatoms. The number of nitrogens with zero attached hydrogens (tertiary/aromatic N) is 1. The number of nitrogens with two attached hydrogens (primary N) is 1. The molecular weight excluding hydrogens is 256 g/mol. The number of benzene rings is 1. The Morgan fingerprint density at radius 1 is 1.35 bits per heavy atom. The van der Waals surface area contributed by atoms with E-state index in [9.17, 15) is 8.42 Å². The molecule has 96 valence electrons. The maximum Gasteiger partial charge on any atom is 0.243 e. The van der Waals surface area contributed by atoms with E-state index in [1.54, 1.807) is 30.9 Å². The maximum atomic E-state index is 12.2. The van der Waals surface area contributed by atoms with Gasteiger partial charge >= 0.3 is 0 Å². The summed E-state index contributed by atoms with van der Waals surface area (Å²) in [5.41, 5.74) is 6.10. The first kappa shape index (κ1) is 14.3. The van der Waals surface area contributed by atoms with Crippen LogP contribution in [0.15, 0.2) is 29.2 Å². The van der Waals surface area contributed by atoms with Gasteiger partial charge in [-0.2, -0.15) is 16.1 Å². The van der Waals surface area contributed by atoms with Crippen molar-refractivity contribution in [3.63, 3.8) is 0 Å². The van der Waals surface area contributed by atoms with Crippen LogP contribution in [0.25, 0.3) is 0 Å². The van der Waals surface area contributed by atoms with Crippen molar-refractivity contribution in [2.75, 3.05) is 24.8 Å². The van der Waals surface area contributed by atoms with Gasteiger partial charge in [-0.3, -0.25) is 0 Å². The first-order valence-corrected chi connectivity index (χ1v) is 8.05. The lowest BCUT2D eigenvalue weighted by atomic mass is 10.3. The predicted molar refractivity (Wildman–Crippen MR) is 73.6 cm³/mol. The molecule has 1 atom stereocenters. The molecule has 0 bridgehead atoms. The second-order valence-corrected chi connectivity index (χ2v) is 6.80.